The van der Waals surface area contributed by atoms with Crippen LogP contribution in [0.1, 0.15) is 35.9 Å². The fraction of sp³-hybridized carbons (Fsp3) is 0.278. The first-order chi connectivity index (χ1) is 10.3. The van der Waals surface area contributed by atoms with Gasteiger partial charge in [-0.15, -0.1) is 0 Å². The summed E-state index contributed by atoms with van der Waals surface area (Å²) in [7, 11) is 0. The van der Waals surface area contributed by atoms with Gasteiger partial charge < -0.3 is 5.32 Å². The average Bonchev–Trinajstić information content (AvgIpc) is 2.73. The summed E-state index contributed by atoms with van der Waals surface area (Å²) in [4.78, 5) is 4.85. The highest BCUT2D eigenvalue weighted by molar-refractivity contribution is 6.02. The Morgan fingerprint density at radius 2 is 2.00 bits per heavy atom. The molecule has 21 heavy (non-hydrogen) atoms. The zero-order chi connectivity index (χ0) is 14.2. The quantitative estimate of drug-likeness (QED) is 0.835. The van der Waals surface area contributed by atoms with Gasteiger partial charge in [-0.25, -0.2) is 4.39 Å². The summed E-state index contributed by atoms with van der Waals surface area (Å²) >= 11 is 0. The molecule has 0 saturated carbocycles. The lowest BCUT2D eigenvalue weighted by atomic mass is 9.87. The lowest BCUT2D eigenvalue weighted by molar-refractivity contribution is 0.609. The number of halogens is 1. The van der Waals surface area contributed by atoms with Crippen molar-refractivity contribution in [2.45, 2.75) is 24.8 Å². The molecule has 3 heteroatoms. The zero-order valence-electron chi connectivity index (χ0n) is 11.7. The van der Waals surface area contributed by atoms with E-state index in [2.05, 4.69) is 23.5 Å². The normalized spacial score (nSPS) is 24.0. The summed E-state index contributed by atoms with van der Waals surface area (Å²) in [6.07, 6.45) is 2.22. The van der Waals surface area contributed by atoms with E-state index in [0.717, 1.165) is 36.3 Å². The molecule has 4 rings (SSSR count). The Morgan fingerprint density at radius 1 is 1.10 bits per heavy atom. The predicted octanol–water partition coefficient (Wildman–Crippen LogP) is 4.12. The van der Waals surface area contributed by atoms with E-state index in [1.807, 2.05) is 12.1 Å². The molecule has 2 aliphatic rings. The topological polar surface area (TPSA) is 24.4 Å². The standard InChI is InChI=1S/C18H17FN2/c19-13-6-3-5-12(11-13)17-18-15(8-4-10-20-17)14-7-1-2-9-16(14)21-18/h1-3,5-7,9,11,15,17,20H,4,8,10H2. The Kier molecular flexibility index (Phi) is 3.08. The van der Waals surface area contributed by atoms with Crippen molar-refractivity contribution in [2.24, 2.45) is 4.99 Å². The van der Waals surface area contributed by atoms with Crippen LogP contribution in [0.5, 0.6) is 0 Å². The van der Waals surface area contributed by atoms with Crippen LogP contribution in [0, 0.1) is 5.82 Å². The highest BCUT2D eigenvalue weighted by atomic mass is 19.1. The van der Waals surface area contributed by atoms with Gasteiger partial charge in [-0.1, -0.05) is 30.3 Å². The molecule has 1 N–H and O–H groups in total. The molecule has 0 radical (unpaired) electrons. The van der Waals surface area contributed by atoms with Crippen molar-refractivity contribution < 1.29 is 4.39 Å². The van der Waals surface area contributed by atoms with Crippen LogP contribution in [0.2, 0.25) is 0 Å². The van der Waals surface area contributed by atoms with Crippen LogP contribution in [0.4, 0.5) is 10.1 Å². The molecule has 0 aliphatic carbocycles. The van der Waals surface area contributed by atoms with E-state index in [-0.39, 0.29) is 11.9 Å². The molecule has 1 saturated heterocycles. The maximum Gasteiger partial charge on any atom is 0.123 e. The molecule has 2 nitrogen and oxygen atoms in total. The lowest BCUT2D eigenvalue weighted by Gasteiger charge is -2.20. The van der Waals surface area contributed by atoms with E-state index in [1.165, 1.54) is 11.6 Å². The summed E-state index contributed by atoms with van der Waals surface area (Å²) in [5, 5.41) is 3.53. The van der Waals surface area contributed by atoms with Gasteiger partial charge in [0.25, 0.3) is 0 Å². The Bertz CT molecular complexity index is 708. The molecule has 106 valence electrons. The van der Waals surface area contributed by atoms with Gasteiger partial charge in [0.1, 0.15) is 5.82 Å². The maximum absolute atomic E-state index is 13.6. The van der Waals surface area contributed by atoms with E-state index in [4.69, 9.17) is 4.99 Å². The third kappa shape index (κ3) is 2.18. The molecule has 2 atom stereocenters. The van der Waals surface area contributed by atoms with Crippen LogP contribution < -0.4 is 5.32 Å². The molecule has 0 spiro atoms. The van der Waals surface area contributed by atoms with Crippen molar-refractivity contribution in [1.82, 2.24) is 5.32 Å². The zero-order valence-corrected chi connectivity index (χ0v) is 11.7. The third-order valence-corrected chi connectivity index (χ3v) is 4.41. The van der Waals surface area contributed by atoms with Crippen LogP contribution >= 0.6 is 0 Å². The largest absolute Gasteiger partial charge is 0.305 e. The summed E-state index contributed by atoms with van der Waals surface area (Å²) in [5.74, 6) is 0.177. The van der Waals surface area contributed by atoms with Gasteiger partial charge >= 0.3 is 0 Å². The monoisotopic (exact) mass is 280 g/mol. The van der Waals surface area contributed by atoms with Crippen molar-refractivity contribution in [3.63, 3.8) is 0 Å². The number of aliphatic imine (C=N–C) groups is 1. The minimum Gasteiger partial charge on any atom is -0.305 e. The number of nitrogens with one attached hydrogen (secondary N) is 1. The van der Waals surface area contributed by atoms with Crippen molar-refractivity contribution in [3.8, 4) is 0 Å². The molecule has 1 fully saturated rings. The fourth-order valence-electron chi connectivity index (χ4n) is 3.46. The SMILES string of the molecule is Fc1cccc(C2NCCCC3C2=Nc2ccccc23)c1. The van der Waals surface area contributed by atoms with E-state index in [0.29, 0.717) is 5.92 Å². The molecular formula is C18H17FN2. The van der Waals surface area contributed by atoms with Gasteiger partial charge in [-0.2, -0.15) is 0 Å². The smallest absolute Gasteiger partial charge is 0.123 e. The first-order valence-corrected chi connectivity index (χ1v) is 7.49. The minimum atomic E-state index is -0.189. The van der Waals surface area contributed by atoms with Gasteiger partial charge in [0, 0.05) is 11.6 Å². The Labute approximate surface area is 123 Å². The molecule has 0 bridgehead atoms. The van der Waals surface area contributed by atoms with Crippen molar-refractivity contribution in [2.75, 3.05) is 6.54 Å². The van der Waals surface area contributed by atoms with Crippen LogP contribution in [-0.4, -0.2) is 12.3 Å². The molecule has 2 aliphatic heterocycles. The number of hydrogen-bond donors (Lipinski definition) is 1. The van der Waals surface area contributed by atoms with Crippen LogP contribution in [0.3, 0.4) is 0 Å². The highest BCUT2D eigenvalue weighted by Gasteiger charge is 2.34. The number of fused-ring (bicyclic) bond motifs is 3. The first-order valence-electron chi connectivity index (χ1n) is 7.49. The summed E-state index contributed by atoms with van der Waals surface area (Å²) in [6, 6.07) is 15.2. The molecular weight excluding hydrogens is 263 g/mol. The number of nitrogens with zero attached hydrogens (tertiary/aromatic N) is 1. The average molecular weight is 280 g/mol. The van der Waals surface area contributed by atoms with Gasteiger partial charge in [-0.3, -0.25) is 4.99 Å². The van der Waals surface area contributed by atoms with E-state index < -0.39 is 0 Å². The second-order valence-corrected chi connectivity index (χ2v) is 5.73. The highest BCUT2D eigenvalue weighted by Crippen LogP contribution is 2.42. The van der Waals surface area contributed by atoms with Gasteiger partial charge in [0.15, 0.2) is 0 Å². The predicted molar refractivity (Wildman–Crippen MR) is 82.7 cm³/mol. The van der Waals surface area contributed by atoms with Crippen molar-refractivity contribution in [3.05, 3.63) is 65.5 Å². The summed E-state index contributed by atoms with van der Waals surface area (Å²) in [5.41, 5.74) is 4.49. The van der Waals surface area contributed by atoms with Gasteiger partial charge in [0.05, 0.1) is 11.7 Å². The molecule has 2 unspecified atom stereocenters. The third-order valence-electron chi connectivity index (χ3n) is 4.41. The van der Waals surface area contributed by atoms with E-state index >= 15 is 0 Å². The number of para-hydroxylation sites is 1. The fourth-order valence-corrected chi connectivity index (χ4v) is 3.46. The Morgan fingerprint density at radius 3 is 2.90 bits per heavy atom. The van der Waals surface area contributed by atoms with Gasteiger partial charge in [0.2, 0.25) is 0 Å². The Balaban J connectivity index is 1.79. The minimum absolute atomic E-state index is 0.0144. The number of hydrogen-bond acceptors (Lipinski definition) is 2. The van der Waals surface area contributed by atoms with Crippen molar-refractivity contribution in [1.29, 1.82) is 0 Å². The second kappa shape index (κ2) is 5.08. The maximum atomic E-state index is 13.6. The van der Waals surface area contributed by atoms with Crippen LogP contribution in [-0.2, 0) is 0 Å². The van der Waals surface area contributed by atoms with Crippen molar-refractivity contribution >= 4 is 11.4 Å². The number of rotatable bonds is 1. The molecule has 0 aromatic heterocycles. The Hall–Kier alpha value is -2.00. The van der Waals surface area contributed by atoms with Crippen LogP contribution in [0.15, 0.2) is 53.5 Å². The molecule has 2 aromatic carbocycles. The number of benzene rings is 2. The molecule has 2 aromatic rings. The molecule has 0 amide bonds. The van der Waals surface area contributed by atoms with E-state index in [9.17, 15) is 4.39 Å². The second-order valence-electron chi connectivity index (χ2n) is 5.73. The van der Waals surface area contributed by atoms with Crippen LogP contribution in [0.25, 0.3) is 0 Å². The first kappa shape index (κ1) is 12.7. The molecule has 2 heterocycles. The lowest BCUT2D eigenvalue weighted by Crippen LogP contribution is -2.28. The van der Waals surface area contributed by atoms with E-state index in [1.54, 1.807) is 12.1 Å². The summed E-state index contributed by atoms with van der Waals surface area (Å²) < 4.78 is 13.6. The van der Waals surface area contributed by atoms with Gasteiger partial charge in [-0.05, 0) is 48.7 Å². The summed E-state index contributed by atoms with van der Waals surface area (Å²) in [6.45, 7) is 0.943.